The fraction of sp³-hybridized carbons (Fsp3) is 0.0667. The highest BCUT2D eigenvalue weighted by molar-refractivity contribution is 6.32. The van der Waals surface area contributed by atoms with Crippen molar-refractivity contribution >= 4 is 29.0 Å². The van der Waals surface area contributed by atoms with Crippen LogP contribution in [0.25, 0.3) is 0 Å². The van der Waals surface area contributed by atoms with E-state index in [1.165, 1.54) is 30.3 Å². The molecule has 0 amide bonds. The van der Waals surface area contributed by atoms with E-state index in [1.54, 1.807) is 0 Å². The lowest BCUT2D eigenvalue weighted by atomic mass is 10.1. The first-order chi connectivity index (χ1) is 10.9. The Kier molecular flexibility index (Phi) is 5.02. The minimum absolute atomic E-state index is 0.0555. The third-order valence-corrected chi connectivity index (χ3v) is 3.18. The molecule has 0 spiro atoms. The van der Waals surface area contributed by atoms with Crippen LogP contribution in [0.4, 0.5) is 10.1 Å². The summed E-state index contributed by atoms with van der Waals surface area (Å²) in [7, 11) is 0. The zero-order chi connectivity index (χ0) is 17.0. The van der Waals surface area contributed by atoms with Crippen molar-refractivity contribution in [3.05, 3.63) is 74.5 Å². The number of benzene rings is 2. The normalized spacial score (nSPS) is 10.2. The maximum atomic E-state index is 13.0. The van der Waals surface area contributed by atoms with Crippen LogP contribution >= 0.6 is 11.6 Å². The monoisotopic (exact) mass is 337 g/mol. The number of ketones is 1. The maximum Gasteiger partial charge on any atom is 0.338 e. The van der Waals surface area contributed by atoms with Crippen LogP contribution in [0.1, 0.15) is 20.7 Å². The predicted octanol–water partition coefficient (Wildman–Crippen LogP) is 3.43. The van der Waals surface area contributed by atoms with Crippen LogP contribution in [0.3, 0.4) is 0 Å². The number of nitrogens with zero attached hydrogens (tertiary/aromatic N) is 1. The van der Waals surface area contributed by atoms with Crippen LogP contribution in [-0.4, -0.2) is 23.3 Å². The second-order valence-corrected chi connectivity index (χ2v) is 4.84. The fourth-order valence-electron chi connectivity index (χ4n) is 1.74. The molecule has 0 bridgehead atoms. The summed E-state index contributed by atoms with van der Waals surface area (Å²) >= 11 is 5.63. The number of nitro benzene ring substituents is 1. The van der Waals surface area contributed by atoms with Gasteiger partial charge in [0.25, 0.3) is 5.69 Å². The van der Waals surface area contributed by atoms with Gasteiger partial charge in [0, 0.05) is 11.6 Å². The van der Waals surface area contributed by atoms with Gasteiger partial charge in [0.15, 0.2) is 12.4 Å². The second kappa shape index (κ2) is 6.97. The standard InChI is InChI=1S/C15H9ClFNO5/c16-12-5-4-10(7-13(12)18(21)22)15(20)23-8-14(19)9-2-1-3-11(17)6-9/h1-7H,8H2. The molecule has 0 aliphatic rings. The van der Waals surface area contributed by atoms with Crippen molar-refractivity contribution in [3.8, 4) is 0 Å². The van der Waals surface area contributed by atoms with Gasteiger partial charge < -0.3 is 4.74 Å². The zero-order valence-corrected chi connectivity index (χ0v) is 12.2. The number of rotatable bonds is 5. The Balaban J connectivity index is 2.06. The van der Waals surface area contributed by atoms with Gasteiger partial charge in [0.05, 0.1) is 10.5 Å². The minimum atomic E-state index is -0.922. The van der Waals surface area contributed by atoms with Gasteiger partial charge in [-0.05, 0) is 24.3 Å². The topological polar surface area (TPSA) is 86.5 Å². The molecule has 0 aliphatic carbocycles. The predicted molar refractivity (Wildman–Crippen MR) is 79.1 cm³/mol. The Hall–Kier alpha value is -2.80. The van der Waals surface area contributed by atoms with E-state index in [-0.39, 0.29) is 16.1 Å². The minimum Gasteiger partial charge on any atom is -0.454 e. The first-order valence-corrected chi connectivity index (χ1v) is 6.66. The largest absolute Gasteiger partial charge is 0.454 e. The molecule has 2 aromatic rings. The highest BCUT2D eigenvalue weighted by Crippen LogP contribution is 2.25. The van der Waals surface area contributed by atoms with E-state index >= 15 is 0 Å². The summed E-state index contributed by atoms with van der Waals surface area (Å²) in [5, 5.41) is 10.6. The van der Waals surface area contributed by atoms with E-state index in [0.717, 1.165) is 12.1 Å². The van der Waals surface area contributed by atoms with Gasteiger partial charge in [-0.3, -0.25) is 14.9 Å². The lowest BCUT2D eigenvalue weighted by molar-refractivity contribution is -0.384. The van der Waals surface area contributed by atoms with Crippen molar-refractivity contribution in [1.29, 1.82) is 0 Å². The smallest absolute Gasteiger partial charge is 0.338 e. The summed E-state index contributed by atoms with van der Waals surface area (Å²) in [6, 6.07) is 8.31. The maximum absolute atomic E-state index is 13.0. The average molecular weight is 338 g/mol. The second-order valence-electron chi connectivity index (χ2n) is 4.43. The molecule has 0 heterocycles. The summed E-state index contributed by atoms with van der Waals surface area (Å²) in [6.45, 7) is -0.612. The van der Waals surface area contributed by atoms with Crippen LogP contribution in [0.15, 0.2) is 42.5 Å². The molecule has 0 aliphatic heterocycles. The van der Waals surface area contributed by atoms with Gasteiger partial charge in [0.2, 0.25) is 0 Å². The van der Waals surface area contributed by atoms with Crippen molar-refractivity contribution in [2.24, 2.45) is 0 Å². The highest BCUT2D eigenvalue weighted by Gasteiger charge is 2.18. The summed E-state index contributed by atoms with van der Waals surface area (Å²) in [6.07, 6.45) is 0. The molecule has 23 heavy (non-hydrogen) atoms. The number of esters is 1. The number of Topliss-reactive ketones (excluding diaryl/α,β-unsaturated/α-hetero) is 1. The van der Waals surface area contributed by atoms with Gasteiger partial charge in [-0.2, -0.15) is 0 Å². The third kappa shape index (κ3) is 4.10. The van der Waals surface area contributed by atoms with Crippen LogP contribution in [0.2, 0.25) is 5.02 Å². The number of nitro groups is 1. The van der Waals surface area contributed by atoms with E-state index in [4.69, 9.17) is 16.3 Å². The number of halogens is 2. The first kappa shape index (κ1) is 16.6. The lowest BCUT2D eigenvalue weighted by Crippen LogP contribution is -2.14. The highest BCUT2D eigenvalue weighted by atomic mass is 35.5. The molecule has 0 aromatic heterocycles. The average Bonchev–Trinajstić information content (AvgIpc) is 2.52. The van der Waals surface area contributed by atoms with Gasteiger partial charge >= 0.3 is 5.97 Å². The molecule has 0 fully saturated rings. The number of hydrogen-bond acceptors (Lipinski definition) is 5. The molecular formula is C15H9ClFNO5. The summed E-state index contributed by atoms with van der Waals surface area (Å²) in [5.74, 6) is -2.11. The van der Waals surface area contributed by atoms with E-state index in [9.17, 15) is 24.1 Å². The Bertz CT molecular complexity index is 793. The van der Waals surface area contributed by atoms with Crippen LogP contribution in [0, 0.1) is 15.9 Å². The molecule has 8 heteroatoms. The lowest BCUT2D eigenvalue weighted by Gasteiger charge is -2.05. The Morgan fingerprint density at radius 1 is 1.17 bits per heavy atom. The van der Waals surface area contributed by atoms with Gasteiger partial charge in [-0.15, -0.1) is 0 Å². The quantitative estimate of drug-likeness (QED) is 0.361. The van der Waals surface area contributed by atoms with E-state index in [1.807, 2.05) is 0 Å². The molecule has 0 atom stereocenters. The fourth-order valence-corrected chi connectivity index (χ4v) is 1.93. The SMILES string of the molecule is O=C(COC(=O)c1ccc(Cl)c([N+](=O)[O-])c1)c1cccc(F)c1. The Morgan fingerprint density at radius 3 is 2.57 bits per heavy atom. The molecule has 118 valence electrons. The molecule has 6 nitrogen and oxygen atoms in total. The zero-order valence-electron chi connectivity index (χ0n) is 11.5. The van der Waals surface area contributed by atoms with Crippen molar-refractivity contribution in [2.75, 3.05) is 6.61 Å². The van der Waals surface area contributed by atoms with Crippen LogP contribution in [0.5, 0.6) is 0 Å². The van der Waals surface area contributed by atoms with Crippen molar-refractivity contribution in [3.63, 3.8) is 0 Å². The van der Waals surface area contributed by atoms with Crippen molar-refractivity contribution in [2.45, 2.75) is 0 Å². The molecule has 0 N–H and O–H groups in total. The molecule has 0 saturated heterocycles. The molecule has 0 radical (unpaired) electrons. The van der Waals surface area contributed by atoms with Gasteiger partial charge in [0.1, 0.15) is 10.8 Å². The van der Waals surface area contributed by atoms with Gasteiger partial charge in [-0.1, -0.05) is 23.7 Å². The van der Waals surface area contributed by atoms with E-state index < -0.39 is 34.8 Å². The van der Waals surface area contributed by atoms with Crippen LogP contribution in [-0.2, 0) is 4.74 Å². The number of hydrogen-bond donors (Lipinski definition) is 0. The van der Waals surface area contributed by atoms with Crippen molar-refractivity contribution < 1.29 is 23.6 Å². The summed E-state index contributed by atoms with van der Waals surface area (Å²) in [5.41, 5.74) is -0.509. The first-order valence-electron chi connectivity index (χ1n) is 6.28. The van der Waals surface area contributed by atoms with Gasteiger partial charge in [-0.25, -0.2) is 9.18 Å². The van der Waals surface area contributed by atoms with Crippen LogP contribution < -0.4 is 0 Å². The number of carbonyl (C=O) groups is 2. The Labute approximate surface area is 134 Å². The third-order valence-electron chi connectivity index (χ3n) is 2.86. The van der Waals surface area contributed by atoms with E-state index in [0.29, 0.717) is 0 Å². The number of carbonyl (C=O) groups excluding carboxylic acids is 2. The molecular weight excluding hydrogens is 329 g/mol. The van der Waals surface area contributed by atoms with E-state index in [2.05, 4.69) is 0 Å². The molecule has 2 rings (SSSR count). The summed E-state index contributed by atoms with van der Waals surface area (Å²) in [4.78, 5) is 33.6. The molecule has 0 unspecified atom stereocenters. The number of ether oxygens (including phenoxy) is 1. The summed E-state index contributed by atoms with van der Waals surface area (Å²) < 4.78 is 17.8. The Morgan fingerprint density at radius 2 is 1.91 bits per heavy atom. The molecule has 0 saturated carbocycles. The molecule has 2 aromatic carbocycles. The van der Waals surface area contributed by atoms with Crippen molar-refractivity contribution in [1.82, 2.24) is 0 Å².